The number of ether oxygens (including phenoxy) is 1. The summed E-state index contributed by atoms with van der Waals surface area (Å²) in [6.45, 7) is 3.64. The van der Waals surface area contributed by atoms with Crippen LogP contribution in [0.2, 0.25) is 0 Å². The van der Waals surface area contributed by atoms with E-state index in [1.165, 1.54) is 6.07 Å². The van der Waals surface area contributed by atoms with E-state index in [0.29, 0.717) is 12.2 Å². The van der Waals surface area contributed by atoms with Crippen molar-refractivity contribution in [2.75, 3.05) is 0 Å². The first-order valence-electron chi connectivity index (χ1n) is 4.79. The molecule has 1 aromatic rings. The third kappa shape index (κ3) is 3.16. The second-order valence-corrected chi connectivity index (χ2v) is 3.42. The van der Waals surface area contributed by atoms with Gasteiger partial charge in [-0.05, 0) is 31.0 Å². The third-order valence-electron chi connectivity index (χ3n) is 2.00. The molecule has 1 unspecified atom stereocenters. The zero-order chi connectivity index (χ0) is 11.4. The SMILES string of the molecule is CCC(Oc1cc(C)cc(O)c1)C(N)=O. The van der Waals surface area contributed by atoms with E-state index < -0.39 is 12.0 Å². The molecule has 0 radical (unpaired) electrons. The summed E-state index contributed by atoms with van der Waals surface area (Å²) in [5.74, 6) is 0.0703. The number of rotatable bonds is 4. The molecule has 15 heavy (non-hydrogen) atoms. The van der Waals surface area contributed by atoms with E-state index in [1.54, 1.807) is 12.1 Å². The van der Waals surface area contributed by atoms with Crippen molar-refractivity contribution in [1.29, 1.82) is 0 Å². The Morgan fingerprint density at radius 3 is 2.67 bits per heavy atom. The van der Waals surface area contributed by atoms with E-state index >= 15 is 0 Å². The topological polar surface area (TPSA) is 72.6 Å². The molecule has 3 N–H and O–H groups in total. The first-order chi connectivity index (χ1) is 7.02. The maximum absolute atomic E-state index is 10.9. The van der Waals surface area contributed by atoms with Crippen LogP contribution in [0.25, 0.3) is 0 Å². The highest BCUT2D eigenvalue weighted by Crippen LogP contribution is 2.22. The fourth-order valence-corrected chi connectivity index (χ4v) is 1.30. The highest BCUT2D eigenvalue weighted by molar-refractivity contribution is 5.79. The van der Waals surface area contributed by atoms with E-state index in [-0.39, 0.29) is 5.75 Å². The van der Waals surface area contributed by atoms with E-state index in [1.807, 2.05) is 13.8 Å². The number of hydrogen-bond acceptors (Lipinski definition) is 3. The van der Waals surface area contributed by atoms with Crippen LogP contribution >= 0.6 is 0 Å². The molecule has 1 amide bonds. The van der Waals surface area contributed by atoms with Gasteiger partial charge in [-0.25, -0.2) is 0 Å². The molecule has 1 atom stereocenters. The van der Waals surface area contributed by atoms with Crippen LogP contribution in [0.3, 0.4) is 0 Å². The van der Waals surface area contributed by atoms with E-state index in [4.69, 9.17) is 10.5 Å². The molecule has 4 heteroatoms. The lowest BCUT2D eigenvalue weighted by atomic mass is 10.2. The summed E-state index contributed by atoms with van der Waals surface area (Å²) in [5.41, 5.74) is 6.01. The molecule has 0 spiro atoms. The maximum Gasteiger partial charge on any atom is 0.258 e. The van der Waals surface area contributed by atoms with Crippen molar-refractivity contribution in [3.63, 3.8) is 0 Å². The van der Waals surface area contributed by atoms with Crippen LogP contribution in [0.15, 0.2) is 18.2 Å². The van der Waals surface area contributed by atoms with E-state index in [2.05, 4.69) is 0 Å². The van der Waals surface area contributed by atoms with Crippen molar-refractivity contribution in [3.8, 4) is 11.5 Å². The van der Waals surface area contributed by atoms with Crippen molar-refractivity contribution >= 4 is 5.91 Å². The molecular weight excluding hydrogens is 194 g/mol. The van der Waals surface area contributed by atoms with Gasteiger partial charge in [-0.15, -0.1) is 0 Å². The summed E-state index contributed by atoms with van der Waals surface area (Å²) in [7, 11) is 0. The van der Waals surface area contributed by atoms with Gasteiger partial charge in [0, 0.05) is 6.07 Å². The van der Waals surface area contributed by atoms with Gasteiger partial charge in [0.15, 0.2) is 6.10 Å². The molecule has 0 heterocycles. The molecule has 0 aromatic heterocycles. The van der Waals surface area contributed by atoms with Crippen molar-refractivity contribution in [1.82, 2.24) is 0 Å². The number of carbonyl (C=O) groups is 1. The van der Waals surface area contributed by atoms with Crippen molar-refractivity contribution in [3.05, 3.63) is 23.8 Å². The molecule has 0 saturated heterocycles. The molecule has 0 fully saturated rings. The number of carbonyl (C=O) groups excluding carboxylic acids is 1. The second kappa shape index (κ2) is 4.68. The predicted octanol–water partition coefficient (Wildman–Crippen LogP) is 1.34. The molecule has 0 bridgehead atoms. The standard InChI is InChI=1S/C11H15NO3/c1-3-10(11(12)14)15-9-5-7(2)4-8(13)6-9/h4-6,10,13H,3H2,1-2H3,(H2,12,14). The minimum Gasteiger partial charge on any atom is -0.508 e. The van der Waals surface area contributed by atoms with Gasteiger partial charge in [-0.1, -0.05) is 6.92 Å². The highest BCUT2D eigenvalue weighted by atomic mass is 16.5. The monoisotopic (exact) mass is 209 g/mol. The van der Waals surface area contributed by atoms with Crippen LogP contribution in [-0.2, 0) is 4.79 Å². The quantitative estimate of drug-likeness (QED) is 0.786. The summed E-state index contributed by atoms with van der Waals surface area (Å²) in [5, 5.41) is 9.32. The van der Waals surface area contributed by atoms with Gasteiger partial charge in [0.2, 0.25) is 0 Å². The normalized spacial score (nSPS) is 12.1. The lowest BCUT2D eigenvalue weighted by molar-refractivity contribution is -0.124. The van der Waals surface area contributed by atoms with Gasteiger partial charge >= 0.3 is 0 Å². The molecular formula is C11H15NO3. The van der Waals surface area contributed by atoms with Crippen LogP contribution in [0.1, 0.15) is 18.9 Å². The number of aryl methyl sites for hydroxylation is 1. The Balaban J connectivity index is 2.83. The minimum atomic E-state index is -0.647. The molecule has 82 valence electrons. The van der Waals surface area contributed by atoms with Gasteiger partial charge in [0.05, 0.1) is 0 Å². The first-order valence-corrected chi connectivity index (χ1v) is 4.79. The Hall–Kier alpha value is -1.71. The fourth-order valence-electron chi connectivity index (χ4n) is 1.30. The van der Waals surface area contributed by atoms with Crippen LogP contribution in [0, 0.1) is 6.92 Å². The number of phenols is 1. The average Bonchev–Trinajstić information content (AvgIpc) is 2.12. The number of amides is 1. The van der Waals surface area contributed by atoms with Crippen molar-refractivity contribution in [2.45, 2.75) is 26.4 Å². The smallest absolute Gasteiger partial charge is 0.258 e. The predicted molar refractivity (Wildman–Crippen MR) is 56.7 cm³/mol. The molecule has 4 nitrogen and oxygen atoms in total. The van der Waals surface area contributed by atoms with Crippen molar-refractivity contribution in [2.24, 2.45) is 5.73 Å². The third-order valence-corrected chi connectivity index (χ3v) is 2.00. The Kier molecular flexibility index (Phi) is 3.55. The number of primary amides is 1. The van der Waals surface area contributed by atoms with Gasteiger partial charge in [-0.3, -0.25) is 4.79 Å². The zero-order valence-corrected chi connectivity index (χ0v) is 8.86. The largest absolute Gasteiger partial charge is 0.508 e. The number of aromatic hydroxyl groups is 1. The molecule has 0 aliphatic carbocycles. The van der Waals surface area contributed by atoms with E-state index in [0.717, 1.165) is 5.56 Å². The number of nitrogens with two attached hydrogens (primary N) is 1. The second-order valence-electron chi connectivity index (χ2n) is 3.42. The van der Waals surface area contributed by atoms with E-state index in [9.17, 15) is 9.90 Å². The average molecular weight is 209 g/mol. The lowest BCUT2D eigenvalue weighted by Crippen LogP contribution is -2.32. The number of benzene rings is 1. The van der Waals surface area contributed by atoms with Gasteiger partial charge in [0.1, 0.15) is 11.5 Å². The van der Waals surface area contributed by atoms with Gasteiger partial charge in [-0.2, -0.15) is 0 Å². The summed E-state index contributed by atoms with van der Waals surface area (Å²) in [4.78, 5) is 10.9. The summed E-state index contributed by atoms with van der Waals surface area (Å²) in [6, 6.07) is 4.81. The van der Waals surface area contributed by atoms with Crippen LogP contribution in [-0.4, -0.2) is 17.1 Å². The number of phenolic OH excluding ortho intramolecular Hbond substituents is 1. The Morgan fingerprint density at radius 1 is 1.53 bits per heavy atom. The number of hydrogen-bond donors (Lipinski definition) is 2. The maximum atomic E-state index is 10.9. The zero-order valence-electron chi connectivity index (χ0n) is 8.86. The lowest BCUT2D eigenvalue weighted by Gasteiger charge is -2.14. The minimum absolute atomic E-state index is 0.115. The molecule has 0 saturated carbocycles. The molecule has 1 aromatic carbocycles. The highest BCUT2D eigenvalue weighted by Gasteiger charge is 2.14. The summed E-state index contributed by atoms with van der Waals surface area (Å²) >= 11 is 0. The van der Waals surface area contributed by atoms with Crippen LogP contribution in [0.5, 0.6) is 11.5 Å². The Morgan fingerprint density at radius 2 is 2.20 bits per heavy atom. The van der Waals surface area contributed by atoms with Crippen LogP contribution < -0.4 is 10.5 Å². The Bertz CT molecular complexity index is 343. The Labute approximate surface area is 88.7 Å². The van der Waals surface area contributed by atoms with Gasteiger partial charge in [0.25, 0.3) is 5.91 Å². The fraction of sp³-hybridized carbons (Fsp3) is 0.364. The van der Waals surface area contributed by atoms with Crippen molar-refractivity contribution < 1.29 is 14.6 Å². The molecule has 1 rings (SSSR count). The first kappa shape index (κ1) is 11.4. The summed E-state index contributed by atoms with van der Waals surface area (Å²) in [6.07, 6.45) is -0.143. The molecule has 0 aliphatic rings. The van der Waals surface area contributed by atoms with Gasteiger partial charge < -0.3 is 15.6 Å². The van der Waals surface area contributed by atoms with Crippen LogP contribution in [0.4, 0.5) is 0 Å². The molecule has 0 aliphatic heterocycles. The summed E-state index contributed by atoms with van der Waals surface area (Å²) < 4.78 is 5.35.